The van der Waals surface area contributed by atoms with Crippen LogP contribution in [0.4, 0.5) is 16.4 Å². The molecule has 0 radical (unpaired) electrons. The molecule has 2 rings (SSSR count). The van der Waals surface area contributed by atoms with Gasteiger partial charge in [-0.1, -0.05) is 24.6 Å². The highest BCUT2D eigenvalue weighted by atomic mass is 16.6. The standard InChI is InChI=1S/C19H30N4O2/c1-7-14(2)15(3)11-22(13-21(5)6)17-9-8-10-18(20-17)23-16(4)12-25-19(23)24/h7-10,15-16H,11-13H2,1-6H3/b14-7+/t15-,16-/m0/s1. The third-order valence-electron chi connectivity index (χ3n) is 4.56. The minimum Gasteiger partial charge on any atom is -0.447 e. The molecule has 1 aliphatic heterocycles. The van der Waals surface area contributed by atoms with Gasteiger partial charge in [0.05, 0.1) is 12.7 Å². The summed E-state index contributed by atoms with van der Waals surface area (Å²) < 4.78 is 5.13. The van der Waals surface area contributed by atoms with E-state index in [0.29, 0.717) is 18.3 Å². The molecule has 1 aromatic heterocycles. The van der Waals surface area contributed by atoms with Crippen molar-refractivity contribution in [2.45, 2.75) is 33.7 Å². The summed E-state index contributed by atoms with van der Waals surface area (Å²) in [5, 5.41) is 0. The molecule has 2 heterocycles. The molecule has 6 nitrogen and oxygen atoms in total. The summed E-state index contributed by atoms with van der Waals surface area (Å²) in [4.78, 5) is 22.7. The lowest BCUT2D eigenvalue weighted by molar-refractivity contribution is 0.179. The summed E-state index contributed by atoms with van der Waals surface area (Å²) in [6.07, 6.45) is 1.83. The van der Waals surface area contributed by atoms with Crippen LogP contribution in [-0.2, 0) is 4.74 Å². The molecule has 6 heteroatoms. The first-order valence-corrected chi connectivity index (χ1v) is 8.79. The summed E-state index contributed by atoms with van der Waals surface area (Å²) in [5.41, 5.74) is 1.36. The molecule has 1 amide bonds. The van der Waals surface area contributed by atoms with E-state index in [9.17, 15) is 4.79 Å². The molecule has 0 unspecified atom stereocenters. The largest absolute Gasteiger partial charge is 0.447 e. The van der Waals surface area contributed by atoms with Gasteiger partial charge < -0.3 is 9.64 Å². The number of pyridine rings is 1. The Morgan fingerprint density at radius 1 is 1.48 bits per heavy atom. The second kappa shape index (κ2) is 8.34. The number of nitrogens with zero attached hydrogens (tertiary/aromatic N) is 4. The number of rotatable bonds is 7. The Morgan fingerprint density at radius 2 is 2.20 bits per heavy atom. The van der Waals surface area contributed by atoms with Crippen LogP contribution in [0.1, 0.15) is 27.7 Å². The molecule has 1 aromatic rings. The van der Waals surface area contributed by atoms with Crippen molar-refractivity contribution in [3.8, 4) is 0 Å². The van der Waals surface area contributed by atoms with Crippen LogP contribution in [0, 0.1) is 5.92 Å². The average molecular weight is 346 g/mol. The maximum atomic E-state index is 12.0. The summed E-state index contributed by atoms with van der Waals surface area (Å²) in [5.74, 6) is 1.94. The Morgan fingerprint density at radius 3 is 2.76 bits per heavy atom. The predicted molar refractivity (Wildman–Crippen MR) is 102 cm³/mol. The van der Waals surface area contributed by atoms with E-state index in [4.69, 9.17) is 9.72 Å². The van der Waals surface area contributed by atoms with Crippen LogP contribution < -0.4 is 9.80 Å². The minimum atomic E-state index is -0.325. The number of ether oxygens (including phenoxy) is 1. The topological polar surface area (TPSA) is 48.9 Å². The van der Waals surface area contributed by atoms with Gasteiger partial charge in [0.15, 0.2) is 0 Å². The second-order valence-electron chi connectivity index (χ2n) is 7.03. The number of aromatic nitrogens is 1. The lowest BCUT2D eigenvalue weighted by atomic mass is 10.0. The van der Waals surface area contributed by atoms with Crippen LogP contribution in [0.5, 0.6) is 0 Å². The molecule has 1 saturated heterocycles. The van der Waals surface area contributed by atoms with Crippen LogP contribution in [0.15, 0.2) is 29.8 Å². The first-order valence-electron chi connectivity index (χ1n) is 8.79. The quantitative estimate of drug-likeness (QED) is 0.560. The van der Waals surface area contributed by atoms with E-state index in [-0.39, 0.29) is 12.1 Å². The highest BCUT2D eigenvalue weighted by Crippen LogP contribution is 2.24. The summed E-state index contributed by atoms with van der Waals surface area (Å²) in [7, 11) is 4.09. The predicted octanol–water partition coefficient (Wildman–Crippen LogP) is 3.35. The number of carbonyl (C=O) groups excluding carboxylic acids is 1. The van der Waals surface area contributed by atoms with Crippen LogP contribution in [-0.4, -0.2) is 55.9 Å². The SMILES string of the molecule is C/C=C(\C)[C@@H](C)CN(CN(C)C)c1cccc(N2C(=O)OC[C@@H]2C)n1. The van der Waals surface area contributed by atoms with Gasteiger partial charge in [0.1, 0.15) is 18.2 Å². The van der Waals surface area contributed by atoms with Crippen LogP contribution in [0.2, 0.25) is 0 Å². The zero-order chi connectivity index (χ0) is 18.6. The average Bonchev–Trinajstić information content (AvgIpc) is 2.91. The third-order valence-corrected chi connectivity index (χ3v) is 4.56. The molecule has 25 heavy (non-hydrogen) atoms. The molecule has 0 spiro atoms. The molecule has 1 fully saturated rings. The van der Waals surface area contributed by atoms with Crippen LogP contribution in [0.3, 0.4) is 0 Å². The Hall–Kier alpha value is -2.08. The Balaban J connectivity index is 2.28. The van der Waals surface area contributed by atoms with Gasteiger partial charge >= 0.3 is 6.09 Å². The molecule has 0 N–H and O–H groups in total. The van der Waals surface area contributed by atoms with Gasteiger partial charge in [-0.2, -0.15) is 0 Å². The Labute approximate surface area is 151 Å². The van der Waals surface area contributed by atoms with Gasteiger partial charge in [-0.3, -0.25) is 9.80 Å². The number of carbonyl (C=O) groups is 1. The first kappa shape index (κ1) is 19.2. The third kappa shape index (κ3) is 4.72. The Kier molecular flexibility index (Phi) is 6.42. The van der Waals surface area contributed by atoms with Crippen molar-refractivity contribution in [1.29, 1.82) is 0 Å². The second-order valence-corrected chi connectivity index (χ2v) is 7.03. The highest BCUT2D eigenvalue weighted by molar-refractivity contribution is 5.89. The van der Waals surface area contributed by atoms with Crippen molar-refractivity contribution in [3.63, 3.8) is 0 Å². The lowest BCUT2D eigenvalue weighted by Gasteiger charge is -2.30. The maximum Gasteiger partial charge on any atom is 0.415 e. The molecule has 138 valence electrons. The zero-order valence-corrected chi connectivity index (χ0v) is 16.2. The van der Waals surface area contributed by atoms with Gasteiger partial charge in [0.2, 0.25) is 0 Å². The summed E-state index contributed by atoms with van der Waals surface area (Å²) in [6.45, 7) is 10.5. The molecule has 1 aliphatic rings. The number of anilines is 2. The van der Waals surface area contributed by atoms with Gasteiger partial charge in [-0.15, -0.1) is 0 Å². The summed E-state index contributed by atoms with van der Waals surface area (Å²) >= 11 is 0. The van der Waals surface area contributed by atoms with E-state index < -0.39 is 0 Å². The van der Waals surface area contributed by atoms with Crippen molar-refractivity contribution in [3.05, 3.63) is 29.8 Å². The van der Waals surface area contributed by atoms with Crippen LogP contribution >= 0.6 is 0 Å². The molecule has 0 bridgehead atoms. The van der Waals surface area contributed by atoms with E-state index in [1.54, 1.807) is 4.90 Å². The highest BCUT2D eigenvalue weighted by Gasteiger charge is 2.32. The van der Waals surface area contributed by atoms with Crippen molar-refractivity contribution in [1.82, 2.24) is 9.88 Å². The molecule has 0 aromatic carbocycles. The normalized spacial score (nSPS) is 19.3. The van der Waals surface area contributed by atoms with E-state index in [0.717, 1.165) is 19.0 Å². The fourth-order valence-corrected chi connectivity index (χ4v) is 2.88. The zero-order valence-electron chi connectivity index (χ0n) is 16.2. The molecule has 0 saturated carbocycles. The molecular weight excluding hydrogens is 316 g/mol. The number of allylic oxidation sites excluding steroid dienone is 1. The van der Waals surface area contributed by atoms with Crippen molar-refractivity contribution in [2.75, 3.05) is 43.7 Å². The van der Waals surface area contributed by atoms with Crippen molar-refractivity contribution < 1.29 is 9.53 Å². The number of amides is 1. The lowest BCUT2D eigenvalue weighted by Crippen LogP contribution is -2.38. The maximum absolute atomic E-state index is 12.0. The number of hydrogen-bond acceptors (Lipinski definition) is 5. The minimum absolute atomic E-state index is 0.00161. The van der Waals surface area contributed by atoms with Gasteiger partial charge in [0.25, 0.3) is 0 Å². The first-order chi connectivity index (χ1) is 11.8. The Bertz CT molecular complexity index is 630. The van der Waals surface area contributed by atoms with Crippen molar-refractivity contribution in [2.24, 2.45) is 5.92 Å². The van der Waals surface area contributed by atoms with Crippen LogP contribution in [0.25, 0.3) is 0 Å². The monoisotopic (exact) mass is 346 g/mol. The molecule has 0 aliphatic carbocycles. The van der Waals surface area contributed by atoms with Gasteiger partial charge in [0, 0.05) is 6.54 Å². The van der Waals surface area contributed by atoms with Gasteiger partial charge in [-0.25, -0.2) is 9.78 Å². The smallest absolute Gasteiger partial charge is 0.415 e. The van der Waals surface area contributed by atoms with E-state index in [2.05, 4.69) is 36.6 Å². The van der Waals surface area contributed by atoms with E-state index in [1.165, 1.54) is 5.57 Å². The number of cyclic esters (lactones) is 1. The molecular formula is C19H30N4O2. The van der Waals surface area contributed by atoms with E-state index >= 15 is 0 Å². The molecule has 2 atom stereocenters. The fraction of sp³-hybridized carbons (Fsp3) is 0.579. The van der Waals surface area contributed by atoms with E-state index in [1.807, 2.05) is 39.2 Å². The number of hydrogen-bond donors (Lipinski definition) is 0. The van der Waals surface area contributed by atoms with Crippen molar-refractivity contribution >= 4 is 17.7 Å². The fourth-order valence-electron chi connectivity index (χ4n) is 2.88. The summed E-state index contributed by atoms with van der Waals surface area (Å²) in [6, 6.07) is 5.81. The van der Waals surface area contributed by atoms with Gasteiger partial charge in [-0.05, 0) is 52.9 Å².